The Bertz CT molecular complexity index is 888. The van der Waals surface area contributed by atoms with Crippen LogP contribution in [0, 0.1) is 0 Å². The molecule has 0 saturated carbocycles. The van der Waals surface area contributed by atoms with Crippen molar-refractivity contribution < 1.29 is 4.74 Å². The second-order valence-electron chi connectivity index (χ2n) is 7.89. The summed E-state index contributed by atoms with van der Waals surface area (Å²) < 4.78 is 5.82. The van der Waals surface area contributed by atoms with Crippen molar-refractivity contribution >= 4 is 5.82 Å². The smallest absolute Gasteiger partial charge is 0.219 e. The van der Waals surface area contributed by atoms with Gasteiger partial charge >= 0.3 is 0 Å². The minimum Gasteiger partial charge on any atom is -0.476 e. The van der Waals surface area contributed by atoms with Crippen LogP contribution in [0.15, 0.2) is 72.8 Å². The third-order valence-corrected chi connectivity index (χ3v) is 5.92. The van der Waals surface area contributed by atoms with Gasteiger partial charge in [0.05, 0.1) is 0 Å². The fourth-order valence-corrected chi connectivity index (χ4v) is 3.95. The highest BCUT2D eigenvalue weighted by Crippen LogP contribution is 2.35. The van der Waals surface area contributed by atoms with Crippen LogP contribution in [0.2, 0.25) is 0 Å². The van der Waals surface area contributed by atoms with Crippen molar-refractivity contribution in [3.63, 3.8) is 0 Å². The molecule has 0 saturated heterocycles. The molecule has 2 aromatic carbocycles. The molecule has 0 bridgehead atoms. The number of hydrogen-bond donors (Lipinski definition) is 1. The molecule has 150 valence electrons. The highest BCUT2D eigenvalue weighted by molar-refractivity contribution is 5.45. The highest BCUT2D eigenvalue weighted by atomic mass is 16.5. The van der Waals surface area contributed by atoms with Gasteiger partial charge in [-0.2, -0.15) is 4.98 Å². The second-order valence-corrected chi connectivity index (χ2v) is 7.89. The maximum atomic E-state index is 5.82. The zero-order valence-electron chi connectivity index (χ0n) is 17.3. The molecule has 1 N–H and O–H groups in total. The highest BCUT2D eigenvalue weighted by Gasteiger charge is 2.29. The zero-order chi connectivity index (χ0) is 20.1. The molecule has 29 heavy (non-hydrogen) atoms. The average Bonchev–Trinajstić information content (AvgIpc) is 3.03. The first-order valence-corrected chi connectivity index (χ1v) is 10.3. The van der Waals surface area contributed by atoms with Gasteiger partial charge in [0.25, 0.3) is 0 Å². The monoisotopic (exact) mass is 387 g/mol. The summed E-state index contributed by atoms with van der Waals surface area (Å²) in [5.74, 6) is 1.71. The van der Waals surface area contributed by atoms with E-state index < -0.39 is 0 Å². The third kappa shape index (κ3) is 4.28. The van der Waals surface area contributed by atoms with E-state index in [9.17, 15) is 0 Å². The van der Waals surface area contributed by atoms with E-state index in [4.69, 9.17) is 9.72 Å². The molecule has 0 spiro atoms. The fourth-order valence-electron chi connectivity index (χ4n) is 3.95. The molecule has 4 heteroatoms. The molecule has 0 radical (unpaired) electrons. The Morgan fingerprint density at radius 1 is 0.966 bits per heavy atom. The lowest BCUT2D eigenvalue weighted by atomic mass is 9.73. The summed E-state index contributed by atoms with van der Waals surface area (Å²) in [4.78, 5) is 7.01. The molecular formula is C25H29N3O. The van der Waals surface area contributed by atoms with E-state index >= 15 is 0 Å². The normalized spacial score (nSPS) is 13.9. The lowest BCUT2D eigenvalue weighted by Gasteiger charge is -2.33. The summed E-state index contributed by atoms with van der Waals surface area (Å²) >= 11 is 0. The first-order valence-electron chi connectivity index (χ1n) is 10.3. The molecule has 0 fully saturated rings. The largest absolute Gasteiger partial charge is 0.476 e. The number of benzene rings is 2. The van der Waals surface area contributed by atoms with Crippen LogP contribution < -0.4 is 15.0 Å². The average molecular weight is 388 g/mol. The van der Waals surface area contributed by atoms with E-state index in [1.165, 1.54) is 11.1 Å². The number of nitrogens with zero attached hydrogens (tertiary/aromatic N) is 2. The Hall–Kier alpha value is -2.85. The quantitative estimate of drug-likeness (QED) is 0.680. The predicted molar refractivity (Wildman–Crippen MR) is 119 cm³/mol. The summed E-state index contributed by atoms with van der Waals surface area (Å²) in [5, 5.41) is 3.35. The van der Waals surface area contributed by atoms with Crippen LogP contribution >= 0.6 is 0 Å². The Kier molecular flexibility index (Phi) is 5.81. The molecule has 0 amide bonds. The van der Waals surface area contributed by atoms with Crippen molar-refractivity contribution in [1.29, 1.82) is 0 Å². The Balaban J connectivity index is 1.56. The van der Waals surface area contributed by atoms with Crippen LogP contribution in [0.5, 0.6) is 5.88 Å². The van der Waals surface area contributed by atoms with Gasteiger partial charge in [-0.3, -0.25) is 0 Å². The van der Waals surface area contributed by atoms with Gasteiger partial charge in [-0.25, -0.2) is 0 Å². The summed E-state index contributed by atoms with van der Waals surface area (Å²) in [6.07, 6.45) is 0.985. The standard InChI is InChI=1S/C25H29N3O/c1-25(21-9-5-3-6-10-21,22-11-7-4-8-12-22)15-17-28(2)23-14-13-20-19-26-16-18-29-24(20)27-23/h3-14,26H,15-19H2,1-2H3. The van der Waals surface area contributed by atoms with E-state index in [-0.39, 0.29) is 5.41 Å². The van der Waals surface area contributed by atoms with E-state index in [2.05, 4.69) is 97.0 Å². The number of pyridine rings is 1. The van der Waals surface area contributed by atoms with Crippen molar-refractivity contribution in [2.75, 3.05) is 31.6 Å². The van der Waals surface area contributed by atoms with E-state index in [0.29, 0.717) is 6.61 Å². The topological polar surface area (TPSA) is 37.4 Å². The Morgan fingerprint density at radius 2 is 1.62 bits per heavy atom. The van der Waals surface area contributed by atoms with Crippen molar-refractivity contribution in [2.24, 2.45) is 0 Å². The molecule has 1 aliphatic heterocycles. The Labute approximate surface area is 173 Å². The van der Waals surface area contributed by atoms with Gasteiger partial charge in [-0.15, -0.1) is 0 Å². The van der Waals surface area contributed by atoms with Crippen LogP contribution in [0.3, 0.4) is 0 Å². The zero-order valence-corrected chi connectivity index (χ0v) is 17.3. The number of nitrogens with one attached hydrogen (secondary N) is 1. The second kappa shape index (κ2) is 8.66. The van der Waals surface area contributed by atoms with E-state index in [1.54, 1.807) is 0 Å². The summed E-state index contributed by atoms with van der Waals surface area (Å²) in [7, 11) is 2.11. The molecule has 2 heterocycles. The van der Waals surface area contributed by atoms with Crippen LogP contribution in [0.4, 0.5) is 5.82 Å². The molecule has 0 aliphatic carbocycles. The number of aromatic nitrogens is 1. The lowest BCUT2D eigenvalue weighted by molar-refractivity contribution is 0.314. The van der Waals surface area contributed by atoms with Crippen LogP contribution in [-0.2, 0) is 12.0 Å². The molecule has 0 atom stereocenters. The van der Waals surface area contributed by atoms with Crippen molar-refractivity contribution in [3.05, 3.63) is 89.5 Å². The van der Waals surface area contributed by atoms with Gasteiger partial charge in [0.15, 0.2) is 0 Å². The molecule has 3 aromatic rings. The molecular weight excluding hydrogens is 358 g/mol. The number of rotatable bonds is 6. The van der Waals surface area contributed by atoms with Crippen molar-refractivity contribution in [2.45, 2.75) is 25.3 Å². The maximum absolute atomic E-state index is 5.82. The SMILES string of the molecule is CN(CCC(C)(c1ccccc1)c1ccccc1)c1ccc2c(n1)OCCNC2. The van der Waals surface area contributed by atoms with Crippen LogP contribution in [0.25, 0.3) is 0 Å². The first-order chi connectivity index (χ1) is 14.2. The summed E-state index contributed by atoms with van der Waals surface area (Å²) in [6, 6.07) is 25.8. The van der Waals surface area contributed by atoms with Crippen LogP contribution in [-0.4, -0.2) is 31.7 Å². The van der Waals surface area contributed by atoms with Crippen LogP contribution in [0.1, 0.15) is 30.0 Å². The number of anilines is 1. The van der Waals surface area contributed by atoms with Gasteiger partial charge in [-0.1, -0.05) is 67.6 Å². The molecule has 1 aromatic heterocycles. The fraction of sp³-hybridized carbons (Fsp3) is 0.320. The minimum absolute atomic E-state index is 0.0666. The third-order valence-electron chi connectivity index (χ3n) is 5.92. The van der Waals surface area contributed by atoms with Gasteiger partial charge in [0, 0.05) is 37.7 Å². The molecule has 0 unspecified atom stereocenters. The van der Waals surface area contributed by atoms with Crippen molar-refractivity contribution in [1.82, 2.24) is 10.3 Å². The predicted octanol–water partition coefficient (Wildman–Crippen LogP) is 4.40. The molecule has 4 nitrogen and oxygen atoms in total. The van der Waals surface area contributed by atoms with E-state index in [1.807, 2.05) is 0 Å². The molecule has 1 aliphatic rings. The maximum Gasteiger partial charge on any atom is 0.219 e. The molecule has 4 rings (SSSR count). The van der Waals surface area contributed by atoms with Gasteiger partial charge in [-0.05, 0) is 29.7 Å². The number of ether oxygens (including phenoxy) is 1. The summed E-state index contributed by atoms with van der Waals surface area (Å²) in [5.41, 5.74) is 3.73. The minimum atomic E-state index is -0.0666. The van der Waals surface area contributed by atoms with Gasteiger partial charge < -0.3 is 15.0 Å². The first kappa shape index (κ1) is 19.5. The number of fused-ring (bicyclic) bond motifs is 1. The Morgan fingerprint density at radius 3 is 2.28 bits per heavy atom. The van der Waals surface area contributed by atoms with Gasteiger partial charge in [0.2, 0.25) is 5.88 Å². The number of hydrogen-bond acceptors (Lipinski definition) is 4. The summed E-state index contributed by atoms with van der Waals surface area (Å²) in [6.45, 7) is 5.56. The van der Waals surface area contributed by atoms with Crippen molar-refractivity contribution in [3.8, 4) is 5.88 Å². The lowest BCUT2D eigenvalue weighted by Crippen LogP contribution is -2.31. The van der Waals surface area contributed by atoms with Gasteiger partial charge in [0.1, 0.15) is 12.4 Å². The van der Waals surface area contributed by atoms with E-state index in [0.717, 1.165) is 43.3 Å².